The van der Waals surface area contributed by atoms with E-state index in [9.17, 15) is 0 Å². The number of nitrogens with zero attached hydrogens (tertiary/aromatic N) is 1. The summed E-state index contributed by atoms with van der Waals surface area (Å²) in [6, 6.07) is 0. The Hall–Kier alpha value is 0.0900. The van der Waals surface area contributed by atoms with Gasteiger partial charge >= 0.3 is 0 Å². The molecule has 0 aromatic carbocycles. The number of rotatable bonds is 2. The third kappa shape index (κ3) is 2.55. The normalized spacial score (nSPS) is 33.4. The molecule has 0 amide bonds. The van der Waals surface area contributed by atoms with Crippen LogP contribution in [0.1, 0.15) is 20.3 Å². The quantitative estimate of drug-likeness (QED) is 0.614. The second kappa shape index (κ2) is 4.36. The van der Waals surface area contributed by atoms with Gasteiger partial charge in [-0.05, 0) is 13.3 Å². The minimum absolute atomic E-state index is 0.174. The largest absolute Gasteiger partial charge is 0.372 e. The van der Waals surface area contributed by atoms with E-state index in [1.54, 1.807) is 0 Å². The highest BCUT2D eigenvalue weighted by atomic mass is 31.1. The van der Waals surface area contributed by atoms with Crippen LogP contribution in [0.4, 0.5) is 0 Å². The van der Waals surface area contributed by atoms with Gasteiger partial charge in [0.05, 0.1) is 31.6 Å². The Labute approximate surface area is 76.3 Å². The zero-order valence-corrected chi connectivity index (χ0v) is 9.18. The fourth-order valence-corrected chi connectivity index (χ4v) is 2.49. The molecule has 1 saturated heterocycles. The fourth-order valence-electron chi connectivity index (χ4n) is 1.53. The van der Waals surface area contributed by atoms with Crippen molar-refractivity contribution in [3.8, 4) is 0 Å². The topological polar surface area (TPSA) is 12.5 Å². The summed E-state index contributed by atoms with van der Waals surface area (Å²) in [5.74, 6) is 0. The van der Waals surface area contributed by atoms with Gasteiger partial charge in [0.15, 0.2) is 7.70 Å². The number of hydrogen-bond donors (Lipinski definition) is 0. The first-order valence-corrected chi connectivity index (χ1v) is 6.50. The second-order valence-corrected chi connectivity index (χ2v) is 5.39. The minimum atomic E-state index is -0.174. The molecule has 0 radical (unpaired) electrons. The maximum absolute atomic E-state index is 5.76. The molecule has 0 aromatic heterocycles. The number of ether oxygens (including phenoxy) is 1. The molecular formula is C9H19NOP+. The van der Waals surface area contributed by atoms with Gasteiger partial charge in [-0.25, -0.2) is 0 Å². The maximum Gasteiger partial charge on any atom is 0.174 e. The van der Waals surface area contributed by atoms with E-state index in [2.05, 4.69) is 31.5 Å². The zero-order valence-electron chi connectivity index (χ0n) is 8.29. The van der Waals surface area contributed by atoms with Gasteiger partial charge < -0.3 is 4.74 Å². The van der Waals surface area contributed by atoms with Gasteiger partial charge in [-0.15, -0.1) is 4.67 Å². The molecule has 0 saturated carbocycles. The Kier molecular flexibility index (Phi) is 3.70. The van der Waals surface area contributed by atoms with E-state index in [1.807, 2.05) is 0 Å². The van der Waals surface area contributed by atoms with Crippen molar-refractivity contribution in [1.82, 2.24) is 4.67 Å². The van der Waals surface area contributed by atoms with Crippen molar-refractivity contribution < 1.29 is 4.74 Å². The molecule has 70 valence electrons. The molecule has 1 fully saturated rings. The highest BCUT2D eigenvalue weighted by molar-refractivity contribution is 7.52. The first-order valence-electron chi connectivity index (χ1n) is 4.58. The van der Waals surface area contributed by atoms with E-state index in [0.29, 0.717) is 12.2 Å². The van der Waals surface area contributed by atoms with Crippen LogP contribution >= 0.6 is 7.70 Å². The van der Waals surface area contributed by atoms with Crippen molar-refractivity contribution in [2.75, 3.05) is 19.8 Å². The summed E-state index contributed by atoms with van der Waals surface area (Å²) in [6.07, 6.45) is 6.03. The van der Waals surface area contributed by atoms with E-state index >= 15 is 0 Å². The van der Waals surface area contributed by atoms with Crippen LogP contribution in [-0.4, -0.2) is 42.9 Å². The van der Waals surface area contributed by atoms with E-state index in [-0.39, 0.29) is 7.70 Å². The van der Waals surface area contributed by atoms with E-state index in [1.165, 1.54) is 0 Å². The van der Waals surface area contributed by atoms with E-state index in [0.717, 1.165) is 19.5 Å². The van der Waals surface area contributed by atoms with Crippen molar-refractivity contribution in [3.05, 3.63) is 0 Å². The molecule has 0 bridgehead atoms. The van der Waals surface area contributed by atoms with Gasteiger partial charge in [0.1, 0.15) is 6.66 Å². The van der Waals surface area contributed by atoms with Crippen LogP contribution in [0.15, 0.2) is 0 Å². The minimum Gasteiger partial charge on any atom is -0.372 e. The van der Waals surface area contributed by atoms with Gasteiger partial charge in [-0.1, -0.05) is 6.92 Å². The predicted octanol–water partition coefficient (Wildman–Crippen LogP) is 1.94. The van der Waals surface area contributed by atoms with Crippen molar-refractivity contribution in [2.24, 2.45) is 0 Å². The van der Waals surface area contributed by atoms with E-state index in [4.69, 9.17) is 4.74 Å². The van der Waals surface area contributed by atoms with Gasteiger partial charge in [0.25, 0.3) is 0 Å². The van der Waals surface area contributed by atoms with Crippen molar-refractivity contribution in [2.45, 2.75) is 32.5 Å². The van der Waals surface area contributed by atoms with Gasteiger partial charge in [-0.2, -0.15) is 0 Å². The summed E-state index contributed by atoms with van der Waals surface area (Å²) in [4.78, 5) is 0. The average Bonchev–Trinajstić information content (AvgIpc) is 2.03. The molecular weight excluding hydrogens is 169 g/mol. The van der Waals surface area contributed by atoms with Crippen LogP contribution in [0, 0.1) is 0 Å². The lowest BCUT2D eigenvalue weighted by Crippen LogP contribution is -2.42. The molecule has 3 unspecified atom stereocenters. The summed E-state index contributed by atoms with van der Waals surface area (Å²) in [5.41, 5.74) is 0. The summed E-state index contributed by atoms with van der Waals surface area (Å²) in [5, 5.41) is 0. The second-order valence-electron chi connectivity index (χ2n) is 3.51. The number of hydrogen-bond acceptors (Lipinski definition) is 2. The SMILES string of the molecule is C=[P+](C)N1CC(C)OC(CC)C1. The Balaban J connectivity index is 2.51. The standard InChI is InChI=1S/C9H19NOP/c1-5-9-7-10(12(3)4)6-8(2)11-9/h8-9H,3,5-7H2,1-2,4H3/q+1. The lowest BCUT2D eigenvalue weighted by molar-refractivity contribution is -0.0533. The Morgan fingerprint density at radius 1 is 1.58 bits per heavy atom. The first kappa shape index (κ1) is 10.2. The molecule has 0 spiro atoms. The Morgan fingerprint density at radius 2 is 2.25 bits per heavy atom. The smallest absolute Gasteiger partial charge is 0.174 e. The molecule has 3 atom stereocenters. The van der Waals surface area contributed by atoms with Crippen LogP contribution in [0.2, 0.25) is 0 Å². The monoisotopic (exact) mass is 188 g/mol. The highest BCUT2D eigenvalue weighted by Gasteiger charge is 2.29. The summed E-state index contributed by atoms with van der Waals surface area (Å²) < 4.78 is 8.21. The van der Waals surface area contributed by atoms with Crippen LogP contribution in [0.3, 0.4) is 0 Å². The highest BCUT2D eigenvalue weighted by Crippen LogP contribution is 2.26. The van der Waals surface area contributed by atoms with Gasteiger partial charge in [0, 0.05) is 0 Å². The molecule has 1 aliphatic rings. The van der Waals surface area contributed by atoms with Crippen molar-refractivity contribution in [3.63, 3.8) is 0 Å². The van der Waals surface area contributed by atoms with E-state index < -0.39 is 0 Å². The molecule has 0 N–H and O–H groups in total. The molecule has 2 nitrogen and oxygen atoms in total. The van der Waals surface area contributed by atoms with Crippen molar-refractivity contribution in [1.29, 1.82) is 0 Å². The molecule has 12 heavy (non-hydrogen) atoms. The predicted molar refractivity (Wildman–Crippen MR) is 56.2 cm³/mol. The molecule has 0 aliphatic carbocycles. The third-order valence-corrected chi connectivity index (χ3v) is 3.54. The molecule has 3 heteroatoms. The van der Waals surface area contributed by atoms with Crippen LogP contribution in [-0.2, 0) is 4.74 Å². The van der Waals surface area contributed by atoms with Gasteiger partial charge in [-0.3, -0.25) is 0 Å². The lowest BCUT2D eigenvalue weighted by atomic mass is 10.2. The van der Waals surface area contributed by atoms with Crippen LogP contribution in [0.25, 0.3) is 0 Å². The fraction of sp³-hybridized carbons (Fsp3) is 0.889. The average molecular weight is 188 g/mol. The van der Waals surface area contributed by atoms with Crippen LogP contribution < -0.4 is 0 Å². The zero-order chi connectivity index (χ0) is 9.14. The molecule has 0 aromatic rings. The van der Waals surface area contributed by atoms with Crippen LogP contribution in [0.5, 0.6) is 0 Å². The summed E-state index contributed by atoms with van der Waals surface area (Å²) in [6.45, 7) is 8.67. The summed E-state index contributed by atoms with van der Waals surface area (Å²) >= 11 is 0. The third-order valence-electron chi connectivity index (χ3n) is 2.25. The Bertz CT molecular complexity index is 172. The summed E-state index contributed by atoms with van der Waals surface area (Å²) in [7, 11) is -0.174. The van der Waals surface area contributed by atoms with Crippen molar-refractivity contribution >= 4 is 14.0 Å². The number of morpholine rings is 1. The maximum atomic E-state index is 5.76. The molecule has 1 heterocycles. The van der Waals surface area contributed by atoms with Gasteiger partial charge in [0.2, 0.25) is 0 Å². The Morgan fingerprint density at radius 3 is 2.75 bits per heavy atom. The first-order chi connectivity index (χ1) is 5.63. The molecule has 1 rings (SSSR count). The molecule has 1 aliphatic heterocycles. The lowest BCUT2D eigenvalue weighted by Gasteiger charge is -2.31.